The summed E-state index contributed by atoms with van der Waals surface area (Å²) >= 11 is 0. The van der Waals surface area contributed by atoms with Crippen molar-refractivity contribution in [1.29, 1.82) is 0 Å². The lowest BCUT2D eigenvalue weighted by Crippen LogP contribution is -2.55. The van der Waals surface area contributed by atoms with E-state index in [1.54, 1.807) is 0 Å². The number of aliphatic carboxylic acids is 1. The third-order valence-corrected chi connectivity index (χ3v) is 3.64. The Bertz CT molecular complexity index is 310. The van der Waals surface area contributed by atoms with Crippen LogP contribution < -0.4 is 5.32 Å². The number of nitrogens with zero attached hydrogens (tertiary/aromatic N) is 1. The van der Waals surface area contributed by atoms with Crippen molar-refractivity contribution in [2.45, 2.75) is 44.2 Å². The quantitative estimate of drug-likeness (QED) is 0.706. The van der Waals surface area contributed by atoms with Gasteiger partial charge in [0.2, 0.25) is 5.91 Å². The van der Waals surface area contributed by atoms with E-state index in [9.17, 15) is 9.59 Å². The molecule has 0 aromatic carbocycles. The number of carbonyl (C=O) groups is 2. The van der Waals surface area contributed by atoms with Gasteiger partial charge in [0.1, 0.15) is 6.04 Å². The van der Waals surface area contributed by atoms with Gasteiger partial charge < -0.3 is 15.3 Å². The molecule has 2 atom stereocenters. The molecule has 0 aliphatic carbocycles. The molecule has 2 fully saturated rings. The molecule has 2 N–H and O–H groups in total. The van der Waals surface area contributed by atoms with Crippen LogP contribution in [0.3, 0.4) is 0 Å². The highest BCUT2D eigenvalue weighted by Crippen LogP contribution is 2.26. The number of likely N-dealkylation sites (tertiary alicyclic amines) is 1. The van der Waals surface area contributed by atoms with Gasteiger partial charge in [0.15, 0.2) is 0 Å². The number of rotatable bonds is 2. The highest BCUT2D eigenvalue weighted by Gasteiger charge is 2.44. The van der Waals surface area contributed by atoms with E-state index < -0.39 is 17.6 Å². The number of hydrogen-bond acceptors (Lipinski definition) is 3. The summed E-state index contributed by atoms with van der Waals surface area (Å²) in [6.07, 6.45) is 3.15. The Morgan fingerprint density at radius 2 is 2.19 bits per heavy atom. The van der Waals surface area contributed by atoms with E-state index in [4.69, 9.17) is 5.11 Å². The molecule has 2 rings (SSSR count). The molecule has 0 aromatic rings. The standard InChI is InChI=1S/C11H18N2O3/c1-11(5-3-6-12-11)10(16)13-7-2-4-8(13)9(14)15/h8,12H,2-7H2,1H3,(H,14,15)/t8-,11?/m0/s1. The Kier molecular flexibility index (Phi) is 2.88. The predicted octanol–water partition coefficient (Wildman–Crippen LogP) is 0.204. The molecule has 5 heteroatoms. The summed E-state index contributed by atoms with van der Waals surface area (Å²) in [7, 11) is 0. The predicted molar refractivity (Wildman–Crippen MR) is 58.0 cm³/mol. The van der Waals surface area contributed by atoms with Crippen LogP contribution in [-0.4, -0.2) is 46.6 Å². The number of carbonyl (C=O) groups excluding carboxylic acids is 1. The monoisotopic (exact) mass is 226 g/mol. The molecular weight excluding hydrogens is 208 g/mol. The molecule has 2 saturated heterocycles. The van der Waals surface area contributed by atoms with E-state index >= 15 is 0 Å². The van der Waals surface area contributed by atoms with Gasteiger partial charge in [-0.1, -0.05) is 0 Å². The summed E-state index contributed by atoms with van der Waals surface area (Å²) in [6, 6.07) is -0.619. The zero-order valence-corrected chi connectivity index (χ0v) is 9.53. The second kappa shape index (κ2) is 4.05. The number of hydrogen-bond donors (Lipinski definition) is 2. The number of nitrogens with one attached hydrogen (secondary N) is 1. The molecule has 2 aliphatic heterocycles. The van der Waals surface area contributed by atoms with Crippen molar-refractivity contribution in [3.8, 4) is 0 Å². The summed E-state index contributed by atoms with van der Waals surface area (Å²) in [6.45, 7) is 3.29. The third kappa shape index (κ3) is 1.80. The van der Waals surface area contributed by atoms with E-state index in [0.29, 0.717) is 13.0 Å². The highest BCUT2D eigenvalue weighted by atomic mass is 16.4. The molecule has 0 bridgehead atoms. The fourth-order valence-electron chi connectivity index (χ4n) is 2.66. The first-order valence-corrected chi connectivity index (χ1v) is 5.83. The molecule has 16 heavy (non-hydrogen) atoms. The van der Waals surface area contributed by atoms with Gasteiger partial charge >= 0.3 is 5.97 Å². The Balaban J connectivity index is 2.12. The lowest BCUT2D eigenvalue weighted by Gasteiger charge is -2.31. The maximum absolute atomic E-state index is 12.3. The minimum absolute atomic E-state index is 0.0464. The van der Waals surface area contributed by atoms with Crippen LogP contribution in [-0.2, 0) is 9.59 Å². The summed E-state index contributed by atoms with van der Waals surface area (Å²) in [5.74, 6) is -0.928. The Morgan fingerprint density at radius 3 is 2.75 bits per heavy atom. The Labute approximate surface area is 94.8 Å². The molecule has 1 amide bonds. The maximum Gasteiger partial charge on any atom is 0.326 e. The van der Waals surface area contributed by atoms with Crippen molar-refractivity contribution in [2.24, 2.45) is 0 Å². The van der Waals surface area contributed by atoms with Gasteiger partial charge in [-0.25, -0.2) is 4.79 Å². The smallest absolute Gasteiger partial charge is 0.326 e. The normalized spacial score (nSPS) is 34.3. The van der Waals surface area contributed by atoms with E-state index in [-0.39, 0.29) is 5.91 Å². The Morgan fingerprint density at radius 1 is 1.44 bits per heavy atom. The summed E-state index contributed by atoms with van der Waals surface area (Å²) in [4.78, 5) is 24.8. The van der Waals surface area contributed by atoms with Crippen LogP contribution in [0.1, 0.15) is 32.6 Å². The van der Waals surface area contributed by atoms with E-state index in [1.807, 2.05) is 6.92 Å². The molecule has 5 nitrogen and oxygen atoms in total. The fourth-order valence-corrected chi connectivity index (χ4v) is 2.66. The van der Waals surface area contributed by atoms with E-state index in [0.717, 1.165) is 25.8 Å². The maximum atomic E-state index is 12.3. The van der Waals surface area contributed by atoms with Crippen LogP contribution in [0.25, 0.3) is 0 Å². The molecule has 90 valence electrons. The lowest BCUT2D eigenvalue weighted by atomic mass is 9.98. The van der Waals surface area contributed by atoms with Crippen molar-refractivity contribution >= 4 is 11.9 Å². The lowest BCUT2D eigenvalue weighted by molar-refractivity contribution is -0.150. The first-order valence-electron chi connectivity index (χ1n) is 5.83. The fraction of sp³-hybridized carbons (Fsp3) is 0.818. The van der Waals surface area contributed by atoms with E-state index in [1.165, 1.54) is 4.90 Å². The minimum atomic E-state index is -0.882. The van der Waals surface area contributed by atoms with Crippen LogP contribution in [0.15, 0.2) is 0 Å². The zero-order chi connectivity index (χ0) is 11.8. The summed E-state index contributed by atoms with van der Waals surface area (Å²) in [5.41, 5.74) is -0.544. The topological polar surface area (TPSA) is 69.6 Å². The van der Waals surface area contributed by atoms with Gasteiger partial charge in [-0.3, -0.25) is 4.79 Å². The van der Waals surface area contributed by atoms with Crippen LogP contribution in [0, 0.1) is 0 Å². The van der Waals surface area contributed by atoms with Crippen LogP contribution in [0.5, 0.6) is 0 Å². The van der Waals surface area contributed by atoms with Crippen LogP contribution in [0.2, 0.25) is 0 Å². The summed E-state index contributed by atoms with van der Waals surface area (Å²) in [5, 5.41) is 12.2. The Hall–Kier alpha value is -1.10. The van der Waals surface area contributed by atoms with Gasteiger partial charge in [0, 0.05) is 6.54 Å². The highest BCUT2D eigenvalue weighted by molar-refractivity contribution is 5.90. The zero-order valence-electron chi connectivity index (χ0n) is 9.53. The van der Waals surface area contributed by atoms with Crippen molar-refractivity contribution in [1.82, 2.24) is 10.2 Å². The average Bonchev–Trinajstić information content (AvgIpc) is 2.85. The average molecular weight is 226 g/mol. The molecule has 0 radical (unpaired) electrons. The second-order valence-electron chi connectivity index (χ2n) is 4.86. The first-order chi connectivity index (χ1) is 7.54. The van der Waals surface area contributed by atoms with Gasteiger partial charge in [0.05, 0.1) is 5.54 Å². The molecule has 2 aliphatic rings. The van der Waals surface area contributed by atoms with Gasteiger partial charge in [0.25, 0.3) is 0 Å². The van der Waals surface area contributed by atoms with Crippen LogP contribution in [0.4, 0.5) is 0 Å². The molecular formula is C11H18N2O3. The molecule has 0 aromatic heterocycles. The van der Waals surface area contributed by atoms with Crippen molar-refractivity contribution in [2.75, 3.05) is 13.1 Å². The van der Waals surface area contributed by atoms with Gasteiger partial charge in [-0.15, -0.1) is 0 Å². The van der Waals surface area contributed by atoms with Gasteiger partial charge in [-0.2, -0.15) is 0 Å². The summed E-state index contributed by atoms with van der Waals surface area (Å²) < 4.78 is 0. The van der Waals surface area contributed by atoms with Crippen LogP contribution >= 0.6 is 0 Å². The minimum Gasteiger partial charge on any atom is -0.480 e. The number of amides is 1. The molecule has 0 saturated carbocycles. The van der Waals surface area contributed by atoms with Crippen molar-refractivity contribution < 1.29 is 14.7 Å². The largest absolute Gasteiger partial charge is 0.480 e. The van der Waals surface area contributed by atoms with Crippen molar-refractivity contribution in [3.05, 3.63) is 0 Å². The molecule has 2 heterocycles. The first kappa shape index (κ1) is 11.4. The number of carboxylic acids is 1. The SMILES string of the molecule is CC1(C(=O)N2CCC[C@H]2C(=O)O)CCCN1. The van der Waals surface area contributed by atoms with Crippen molar-refractivity contribution in [3.63, 3.8) is 0 Å². The third-order valence-electron chi connectivity index (χ3n) is 3.64. The molecule has 1 unspecified atom stereocenters. The van der Waals surface area contributed by atoms with Gasteiger partial charge in [-0.05, 0) is 39.2 Å². The number of carboxylic acid groups (broad SMARTS) is 1. The molecule has 0 spiro atoms. The van der Waals surface area contributed by atoms with E-state index in [2.05, 4.69) is 5.32 Å². The second-order valence-corrected chi connectivity index (χ2v) is 4.86.